The first-order chi connectivity index (χ1) is 16.7. The van der Waals surface area contributed by atoms with Crippen LogP contribution in [0.5, 0.6) is 0 Å². The highest BCUT2D eigenvalue weighted by Crippen LogP contribution is 2.30. The van der Waals surface area contributed by atoms with Gasteiger partial charge < -0.3 is 20.8 Å². The number of aliphatic hydroxyl groups excluding tert-OH is 1. The molecule has 0 aliphatic carbocycles. The molecule has 1 aromatic rings. The molecule has 3 amide bonds. The number of amides is 3. The van der Waals surface area contributed by atoms with Crippen LogP contribution in [0.2, 0.25) is 0 Å². The molecule has 12 heteroatoms. The number of nitrogens with zero attached hydrogens (tertiary/aromatic N) is 1. The van der Waals surface area contributed by atoms with E-state index in [9.17, 15) is 37.5 Å². The molecule has 0 spiro atoms. The number of halogens is 3. The Hall–Kier alpha value is -2.99. The quantitative estimate of drug-likeness (QED) is 0.396. The van der Waals surface area contributed by atoms with E-state index in [4.69, 9.17) is 5.11 Å². The van der Waals surface area contributed by atoms with E-state index < -0.39 is 65.9 Å². The molecule has 4 atom stereocenters. The topological polar surface area (TPSA) is 136 Å². The molecular formula is C24H32F3N3O6. The fourth-order valence-corrected chi connectivity index (χ4v) is 4.12. The highest BCUT2D eigenvalue weighted by molar-refractivity contribution is 6.04. The van der Waals surface area contributed by atoms with E-state index in [1.807, 2.05) is 0 Å². The van der Waals surface area contributed by atoms with Crippen molar-refractivity contribution in [3.63, 3.8) is 0 Å². The van der Waals surface area contributed by atoms with Crippen LogP contribution >= 0.6 is 0 Å². The van der Waals surface area contributed by atoms with Gasteiger partial charge in [-0.05, 0) is 55.5 Å². The molecule has 1 fully saturated rings. The highest BCUT2D eigenvalue weighted by Gasteiger charge is 2.51. The first kappa shape index (κ1) is 29.2. The second-order valence-corrected chi connectivity index (χ2v) is 9.49. The van der Waals surface area contributed by atoms with Gasteiger partial charge in [0.2, 0.25) is 5.91 Å². The number of aliphatic hydroxyl groups is 1. The first-order valence-electron chi connectivity index (χ1n) is 11.7. The number of hydrogen-bond donors (Lipinski definition) is 4. The highest BCUT2D eigenvalue weighted by atomic mass is 19.4. The first-order valence-corrected chi connectivity index (χ1v) is 11.7. The van der Waals surface area contributed by atoms with Crippen molar-refractivity contribution in [1.82, 2.24) is 15.5 Å². The zero-order valence-electron chi connectivity index (χ0n) is 20.5. The number of carbonyl (C=O) groups excluding carboxylic acids is 3. The Morgan fingerprint density at radius 1 is 1.03 bits per heavy atom. The molecule has 200 valence electrons. The summed E-state index contributed by atoms with van der Waals surface area (Å²) in [5, 5.41) is 24.5. The van der Waals surface area contributed by atoms with Crippen molar-refractivity contribution in [2.24, 2.45) is 11.8 Å². The minimum Gasteiger partial charge on any atom is -0.478 e. The number of alkyl halides is 3. The summed E-state index contributed by atoms with van der Waals surface area (Å²) in [6.07, 6.45) is -7.19. The maximum Gasteiger partial charge on any atom is 0.416 e. The van der Waals surface area contributed by atoms with Crippen LogP contribution in [0.1, 0.15) is 61.3 Å². The maximum absolute atomic E-state index is 13.7. The van der Waals surface area contributed by atoms with Gasteiger partial charge in [-0.1, -0.05) is 27.7 Å². The van der Waals surface area contributed by atoms with E-state index in [1.54, 1.807) is 13.8 Å². The molecule has 36 heavy (non-hydrogen) atoms. The fraction of sp³-hybridized carbons (Fsp3) is 0.583. The number of nitrogens with one attached hydrogen (secondary N) is 2. The number of imide groups is 1. The Morgan fingerprint density at radius 3 is 2.00 bits per heavy atom. The van der Waals surface area contributed by atoms with Crippen molar-refractivity contribution >= 4 is 23.7 Å². The molecule has 0 radical (unpaired) electrons. The van der Waals surface area contributed by atoms with Crippen LogP contribution in [0.15, 0.2) is 24.3 Å². The fourth-order valence-electron chi connectivity index (χ4n) is 4.12. The maximum atomic E-state index is 13.7. The summed E-state index contributed by atoms with van der Waals surface area (Å²) in [7, 11) is 0. The Balaban J connectivity index is 2.45. The minimum atomic E-state index is -5.10. The minimum absolute atomic E-state index is 0.0181. The van der Waals surface area contributed by atoms with Gasteiger partial charge in [0.1, 0.15) is 6.04 Å². The molecule has 1 heterocycles. The molecule has 1 saturated heterocycles. The van der Waals surface area contributed by atoms with Gasteiger partial charge in [0.05, 0.1) is 17.6 Å². The summed E-state index contributed by atoms with van der Waals surface area (Å²) in [6, 6.07) is 0.637. The summed E-state index contributed by atoms with van der Waals surface area (Å²) in [5.41, 5.74) is -0.0469. The van der Waals surface area contributed by atoms with Crippen molar-refractivity contribution < 1.29 is 42.6 Å². The number of aromatic carboxylic acids is 1. The lowest BCUT2D eigenvalue weighted by Gasteiger charge is -2.40. The Kier molecular flexibility index (Phi) is 9.61. The molecule has 1 aliphatic heterocycles. The summed E-state index contributed by atoms with van der Waals surface area (Å²) in [5.74, 6) is -5.53. The van der Waals surface area contributed by atoms with Crippen molar-refractivity contribution in [3.8, 4) is 0 Å². The predicted molar refractivity (Wildman–Crippen MR) is 123 cm³/mol. The third-order valence-corrected chi connectivity index (χ3v) is 6.09. The number of carbonyl (C=O) groups is 4. The van der Waals surface area contributed by atoms with E-state index in [-0.39, 0.29) is 11.1 Å². The molecule has 0 aromatic heterocycles. The van der Waals surface area contributed by atoms with E-state index >= 15 is 0 Å². The largest absolute Gasteiger partial charge is 0.478 e. The smallest absolute Gasteiger partial charge is 0.416 e. The van der Waals surface area contributed by atoms with Gasteiger partial charge in [-0.25, -0.2) is 4.79 Å². The lowest BCUT2D eigenvalue weighted by Crippen LogP contribution is -2.64. The van der Waals surface area contributed by atoms with E-state index in [0.717, 1.165) is 0 Å². The number of hydrogen-bond acceptors (Lipinski definition) is 6. The van der Waals surface area contributed by atoms with Crippen LogP contribution in [-0.2, 0) is 9.59 Å². The summed E-state index contributed by atoms with van der Waals surface area (Å²) >= 11 is 0. The van der Waals surface area contributed by atoms with Gasteiger partial charge >= 0.3 is 12.1 Å². The van der Waals surface area contributed by atoms with E-state index in [2.05, 4.69) is 10.6 Å². The van der Waals surface area contributed by atoms with Crippen LogP contribution < -0.4 is 10.6 Å². The van der Waals surface area contributed by atoms with Gasteiger partial charge in [0, 0.05) is 5.56 Å². The molecule has 2 rings (SSSR count). The average Bonchev–Trinajstić information content (AvgIpc) is 3.33. The van der Waals surface area contributed by atoms with E-state index in [1.165, 1.54) is 38.1 Å². The van der Waals surface area contributed by atoms with Crippen molar-refractivity contribution in [3.05, 3.63) is 35.4 Å². The molecule has 0 bridgehead atoms. The molecule has 9 nitrogen and oxygen atoms in total. The number of carboxylic acid groups (broad SMARTS) is 1. The lowest BCUT2D eigenvalue weighted by molar-refractivity contribution is -0.226. The number of carboxylic acids is 1. The Morgan fingerprint density at radius 2 is 1.58 bits per heavy atom. The average molecular weight is 516 g/mol. The molecule has 1 aliphatic rings. The Labute approximate surface area is 207 Å². The zero-order valence-corrected chi connectivity index (χ0v) is 20.5. The van der Waals surface area contributed by atoms with Crippen molar-refractivity contribution in [1.29, 1.82) is 0 Å². The standard InChI is InChI=1S/C24H32F3N3O6/c1-12(2)17(29-20(32)14-7-9-15(10-8-14)23(35)36)22(34)30(21(33)16-6-5-11-28-16)18(13(3)4)19(31)24(25,26)27/h7-10,12-13,16-19,28,31H,5-6,11H2,1-4H3,(H,29,32)(H,35,36)/t16-,17-,18?,19?/m0/s1. The van der Waals surface area contributed by atoms with Gasteiger partial charge in [-0.3, -0.25) is 19.3 Å². The number of rotatable bonds is 9. The second-order valence-electron chi connectivity index (χ2n) is 9.49. The third kappa shape index (κ3) is 6.82. The summed E-state index contributed by atoms with van der Waals surface area (Å²) in [4.78, 5) is 51.4. The van der Waals surface area contributed by atoms with Crippen LogP contribution in [0.25, 0.3) is 0 Å². The Bertz CT molecular complexity index is 959. The lowest BCUT2D eigenvalue weighted by atomic mass is 9.92. The van der Waals surface area contributed by atoms with Crippen LogP contribution in [0, 0.1) is 11.8 Å². The van der Waals surface area contributed by atoms with Gasteiger partial charge in [-0.2, -0.15) is 13.2 Å². The molecule has 1 aromatic carbocycles. The zero-order chi connectivity index (χ0) is 27.4. The molecule has 4 N–H and O–H groups in total. The van der Waals surface area contributed by atoms with Crippen molar-refractivity contribution in [2.45, 2.75) is 70.9 Å². The van der Waals surface area contributed by atoms with Crippen LogP contribution in [0.4, 0.5) is 13.2 Å². The van der Waals surface area contributed by atoms with Crippen LogP contribution in [-0.4, -0.2) is 75.8 Å². The molecular weight excluding hydrogens is 483 g/mol. The van der Waals surface area contributed by atoms with E-state index in [0.29, 0.717) is 24.3 Å². The predicted octanol–water partition coefficient (Wildman–Crippen LogP) is 2.19. The second kappa shape index (κ2) is 11.8. The summed E-state index contributed by atoms with van der Waals surface area (Å²) in [6.45, 7) is 6.28. The van der Waals surface area contributed by atoms with Crippen LogP contribution in [0.3, 0.4) is 0 Å². The molecule has 2 unspecified atom stereocenters. The molecule has 0 saturated carbocycles. The third-order valence-electron chi connectivity index (χ3n) is 6.09. The normalized spacial score (nSPS) is 18.6. The van der Waals surface area contributed by atoms with Gasteiger partial charge in [0.15, 0.2) is 6.10 Å². The number of benzene rings is 1. The summed E-state index contributed by atoms with van der Waals surface area (Å²) < 4.78 is 40.7. The van der Waals surface area contributed by atoms with Crippen molar-refractivity contribution in [2.75, 3.05) is 6.54 Å². The SMILES string of the molecule is CC(C)C(C(O)C(F)(F)F)N(C(=O)[C@@H]1CCCN1)C(=O)[C@@H](NC(=O)c1ccc(C(=O)O)cc1)C(C)C. The van der Waals surface area contributed by atoms with Gasteiger partial charge in [0.25, 0.3) is 11.8 Å². The monoisotopic (exact) mass is 515 g/mol. The van der Waals surface area contributed by atoms with Gasteiger partial charge in [-0.15, -0.1) is 0 Å².